The fourth-order valence-corrected chi connectivity index (χ4v) is 5.62. The van der Waals surface area contributed by atoms with Crippen LogP contribution < -0.4 is 4.90 Å². The minimum Gasteiger partial charge on any atom is -0.426 e. The number of hydrogen-bond acceptors (Lipinski definition) is 4. The van der Waals surface area contributed by atoms with Gasteiger partial charge in [-0.15, -0.1) is 0 Å². The zero-order chi connectivity index (χ0) is 27.9. The monoisotopic (exact) mass is 561 g/mol. The maximum absolute atomic E-state index is 13.6. The van der Waals surface area contributed by atoms with Gasteiger partial charge in [0.05, 0.1) is 5.56 Å². The minimum atomic E-state index is -5.77. The molecule has 0 bridgehead atoms. The van der Waals surface area contributed by atoms with Crippen molar-refractivity contribution in [2.45, 2.75) is 63.3 Å². The molecule has 3 aliphatic rings. The molecule has 3 fully saturated rings. The molecule has 0 unspecified atom stereocenters. The van der Waals surface area contributed by atoms with Crippen LogP contribution in [0, 0.1) is 5.41 Å². The number of likely N-dealkylation sites (tertiary alicyclic amines) is 2. The lowest BCUT2D eigenvalue weighted by atomic mass is 9.78. The summed E-state index contributed by atoms with van der Waals surface area (Å²) in [5, 5.41) is 0. The van der Waals surface area contributed by atoms with Gasteiger partial charge in [0, 0.05) is 45.0 Å². The van der Waals surface area contributed by atoms with Crippen LogP contribution in [0.25, 0.3) is 0 Å². The van der Waals surface area contributed by atoms with Gasteiger partial charge < -0.3 is 14.5 Å². The first-order valence-electron chi connectivity index (χ1n) is 12.3. The maximum Gasteiger partial charge on any atom is 0.434 e. The molecule has 0 saturated carbocycles. The third-order valence-corrected chi connectivity index (χ3v) is 7.63. The van der Waals surface area contributed by atoms with Gasteiger partial charge in [0.15, 0.2) is 0 Å². The molecule has 0 aromatic heterocycles. The Bertz CT molecular complexity index is 981. The summed E-state index contributed by atoms with van der Waals surface area (Å²) < 4.78 is 121. The summed E-state index contributed by atoms with van der Waals surface area (Å²) in [5.41, 5.74) is -0.0559. The molecule has 4 rings (SSSR count). The van der Waals surface area contributed by atoms with E-state index in [-0.39, 0.29) is 24.2 Å². The molecule has 214 valence electrons. The lowest BCUT2D eigenvalue weighted by molar-refractivity contribution is -0.308. The summed E-state index contributed by atoms with van der Waals surface area (Å²) in [6.07, 6.45) is -18.8. The summed E-state index contributed by atoms with van der Waals surface area (Å²) in [5.74, 6) is 0. The molecule has 3 saturated heterocycles. The predicted octanol–water partition coefficient (Wildman–Crippen LogP) is 6.22. The summed E-state index contributed by atoms with van der Waals surface area (Å²) in [6.45, 7) is 2.63. The van der Waals surface area contributed by atoms with Crippen LogP contribution in [0.3, 0.4) is 0 Å². The number of carbonyl (C=O) groups excluding carboxylic acids is 1. The standard InChI is InChI=1S/C24H28F9N3O2/c25-22(26,27)17-4-3-16(13-18(17)35-8-1-2-9-35)14-34-10-5-21(15-34)6-11-36(12-7-21)20(37)38-19(23(28,29)30)24(31,32)33/h3-4,13,19H,1-2,5-12,14-15H2. The highest BCUT2D eigenvalue weighted by molar-refractivity contribution is 5.68. The molecule has 1 spiro atoms. The fourth-order valence-electron chi connectivity index (χ4n) is 5.62. The highest BCUT2D eigenvalue weighted by Crippen LogP contribution is 2.43. The number of ether oxygens (including phenoxy) is 1. The summed E-state index contributed by atoms with van der Waals surface area (Å²) in [6, 6.07) is 4.15. The predicted molar refractivity (Wildman–Crippen MR) is 118 cm³/mol. The van der Waals surface area contributed by atoms with Gasteiger partial charge >= 0.3 is 24.6 Å². The lowest BCUT2D eigenvalue weighted by Crippen LogP contribution is -2.50. The maximum atomic E-state index is 13.6. The normalized spacial score (nSPS) is 21.1. The molecule has 38 heavy (non-hydrogen) atoms. The Hall–Kier alpha value is -2.38. The van der Waals surface area contributed by atoms with E-state index in [1.165, 1.54) is 6.07 Å². The van der Waals surface area contributed by atoms with Crippen molar-refractivity contribution >= 4 is 11.8 Å². The van der Waals surface area contributed by atoms with E-state index < -0.39 is 36.3 Å². The second-order valence-corrected chi connectivity index (χ2v) is 10.3. The van der Waals surface area contributed by atoms with Crippen molar-refractivity contribution in [1.29, 1.82) is 0 Å². The van der Waals surface area contributed by atoms with E-state index in [1.54, 1.807) is 11.0 Å². The number of benzene rings is 1. The number of anilines is 1. The molecule has 3 heterocycles. The van der Waals surface area contributed by atoms with E-state index in [9.17, 15) is 44.3 Å². The first-order chi connectivity index (χ1) is 17.6. The summed E-state index contributed by atoms with van der Waals surface area (Å²) >= 11 is 0. The second-order valence-electron chi connectivity index (χ2n) is 10.3. The van der Waals surface area contributed by atoms with Crippen LogP contribution in [0.5, 0.6) is 0 Å². The smallest absolute Gasteiger partial charge is 0.426 e. The van der Waals surface area contributed by atoms with Gasteiger partial charge in [-0.2, -0.15) is 39.5 Å². The first-order valence-corrected chi connectivity index (χ1v) is 12.3. The van der Waals surface area contributed by atoms with Crippen molar-refractivity contribution in [1.82, 2.24) is 9.80 Å². The zero-order valence-corrected chi connectivity index (χ0v) is 20.4. The quantitative estimate of drug-likeness (QED) is 0.409. The molecule has 0 radical (unpaired) electrons. The van der Waals surface area contributed by atoms with Crippen molar-refractivity contribution < 1.29 is 49.0 Å². The van der Waals surface area contributed by atoms with E-state index >= 15 is 0 Å². The molecule has 1 aromatic carbocycles. The first kappa shape index (κ1) is 28.6. The van der Waals surface area contributed by atoms with Crippen LogP contribution in [-0.2, 0) is 17.5 Å². The molecule has 0 aliphatic carbocycles. The average molecular weight is 561 g/mol. The van der Waals surface area contributed by atoms with Crippen LogP contribution in [0.15, 0.2) is 18.2 Å². The Morgan fingerprint density at radius 2 is 1.45 bits per heavy atom. The summed E-state index contributed by atoms with van der Waals surface area (Å²) in [4.78, 5) is 16.7. The molecular weight excluding hydrogens is 533 g/mol. The number of halogens is 9. The Kier molecular flexibility index (Phi) is 7.76. The number of alkyl halides is 9. The van der Waals surface area contributed by atoms with Gasteiger partial charge in [0.1, 0.15) is 0 Å². The van der Waals surface area contributed by atoms with Crippen molar-refractivity contribution in [3.63, 3.8) is 0 Å². The van der Waals surface area contributed by atoms with Crippen LogP contribution in [0.1, 0.15) is 43.2 Å². The highest BCUT2D eigenvalue weighted by Gasteiger charge is 2.60. The fraction of sp³-hybridized carbons (Fsp3) is 0.708. The van der Waals surface area contributed by atoms with Gasteiger partial charge in [-0.3, -0.25) is 4.90 Å². The van der Waals surface area contributed by atoms with Crippen molar-refractivity contribution in [3.05, 3.63) is 29.3 Å². The zero-order valence-electron chi connectivity index (χ0n) is 20.4. The Balaban J connectivity index is 1.35. The lowest BCUT2D eigenvalue weighted by Gasteiger charge is -2.39. The Morgan fingerprint density at radius 1 is 0.868 bits per heavy atom. The minimum absolute atomic E-state index is 0.0471. The average Bonchev–Trinajstić information content (AvgIpc) is 3.46. The number of carbonyl (C=O) groups is 1. The van der Waals surface area contributed by atoms with Crippen molar-refractivity contribution in [2.24, 2.45) is 5.41 Å². The van der Waals surface area contributed by atoms with Crippen LogP contribution in [-0.4, -0.2) is 73.6 Å². The van der Waals surface area contributed by atoms with Gasteiger partial charge in [-0.1, -0.05) is 6.07 Å². The second kappa shape index (κ2) is 10.3. The highest BCUT2D eigenvalue weighted by atomic mass is 19.4. The molecule has 1 amide bonds. The SMILES string of the molecule is O=C(OC(C(F)(F)F)C(F)(F)F)N1CCC2(CCN(Cc3ccc(C(F)(F)F)c(N4CCCC4)c3)C2)CC1. The van der Waals surface area contributed by atoms with E-state index in [0.29, 0.717) is 52.0 Å². The van der Waals surface area contributed by atoms with E-state index in [2.05, 4.69) is 9.64 Å². The van der Waals surface area contributed by atoms with Gasteiger partial charge in [-0.25, -0.2) is 4.79 Å². The molecule has 14 heteroatoms. The molecule has 0 N–H and O–H groups in total. The largest absolute Gasteiger partial charge is 0.434 e. The van der Waals surface area contributed by atoms with Gasteiger partial charge in [0.2, 0.25) is 0 Å². The van der Waals surface area contributed by atoms with Crippen LogP contribution in [0.2, 0.25) is 0 Å². The van der Waals surface area contributed by atoms with E-state index in [4.69, 9.17) is 0 Å². The number of piperidine rings is 1. The van der Waals surface area contributed by atoms with Crippen molar-refractivity contribution in [2.75, 3.05) is 44.2 Å². The van der Waals surface area contributed by atoms with Gasteiger partial charge in [-0.05, 0) is 61.8 Å². The molecule has 1 aromatic rings. The molecule has 5 nitrogen and oxygen atoms in total. The topological polar surface area (TPSA) is 36.0 Å². The van der Waals surface area contributed by atoms with E-state index in [1.807, 2.05) is 0 Å². The number of nitrogens with zero attached hydrogens (tertiary/aromatic N) is 3. The van der Waals surface area contributed by atoms with Crippen LogP contribution in [0.4, 0.5) is 50.0 Å². The molecule has 3 aliphatic heterocycles. The number of hydrogen-bond donors (Lipinski definition) is 0. The molecule has 0 atom stereocenters. The van der Waals surface area contributed by atoms with Crippen molar-refractivity contribution in [3.8, 4) is 0 Å². The van der Waals surface area contributed by atoms with E-state index in [0.717, 1.165) is 29.4 Å². The van der Waals surface area contributed by atoms with Crippen LogP contribution >= 0.6 is 0 Å². The third-order valence-electron chi connectivity index (χ3n) is 7.63. The Morgan fingerprint density at radius 3 is 2.00 bits per heavy atom. The number of amides is 1. The number of rotatable bonds is 4. The summed E-state index contributed by atoms with van der Waals surface area (Å²) in [7, 11) is 0. The van der Waals surface area contributed by atoms with Gasteiger partial charge in [0.25, 0.3) is 6.10 Å². The Labute approximate surface area is 213 Å². The third kappa shape index (κ3) is 6.42. The molecular formula is C24H28F9N3O2.